The van der Waals surface area contributed by atoms with Crippen LogP contribution in [0.4, 0.5) is 43.9 Å². The lowest BCUT2D eigenvalue weighted by Crippen LogP contribution is -2.43. The Bertz CT molecular complexity index is 936. The molecule has 0 radical (unpaired) electrons. The van der Waals surface area contributed by atoms with Crippen LogP contribution >= 0.6 is 0 Å². The highest BCUT2D eigenvalue weighted by Gasteiger charge is 2.39. The molecule has 0 aromatic carbocycles. The van der Waals surface area contributed by atoms with E-state index in [1.165, 1.54) is 0 Å². The van der Waals surface area contributed by atoms with Crippen LogP contribution in [0.25, 0.3) is 0 Å². The maximum absolute atomic E-state index is 13.8. The van der Waals surface area contributed by atoms with E-state index < -0.39 is 54.4 Å². The molecule has 49 heavy (non-hydrogen) atoms. The third-order valence-electron chi connectivity index (χ3n) is 4.72. The SMILES string of the molecule is CC(N)CCNCCCCNC(=O)C(F)C(=O)NCCCCCCN=C(N)N.O=C(O)C(F)(F)F.O=C(O)C(F)(F)F.O=C(O)C(F)(F)F. The second-order valence-corrected chi connectivity index (χ2v) is 9.30. The van der Waals surface area contributed by atoms with Crippen molar-refractivity contribution in [3.8, 4) is 0 Å². The number of nitrogens with one attached hydrogen (secondary N) is 3. The second kappa shape index (κ2) is 27.8. The maximum Gasteiger partial charge on any atom is 0.490 e. The summed E-state index contributed by atoms with van der Waals surface area (Å²) in [5.41, 5.74) is 16.1. The first-order valence-electron chi connectivity index (χ1n) is 13.8. The van der Waals surface area contributed by atoms with Crippen LogP contribution < -0.4 is 33.2 Å². The van der Waals surface area contributed by atoms with Gasteiger partial charge in [-0.05, 0) is 52.1 Å². The number of unbranched alkanes of at least 4 members (excludes halogenated alkanes) is 4. The van der Waals surface area contributed by atoms with Gasteiger partial charge in [0.25, 0.3) is 18.0 Å². The van der Waals surface area contributed by atoms with Crippen molar-refractivity contribution in [2.45, 2.75) is 82.6 Å². The van der Waals surface area contributed by atoms with Crippen LogP contribution in [0.3, 0.4) is 0 Å². The summed E-state index contributed by atoms with van der Waals surface area (Å²) >= 11 is 0. The van der Waals surface area contributed by atoms with Gasteiger partial charge in [-0.3, -0.25) is 14.6 Å². The standard InChI is InChI=1S/C18H38FN7O2.3C2HF3O2/c1-14(20)8-13-23-9-6-7-11-25-17(28)15(19)16(27)24-10-4-2-3-5-12-26-18(21)22;3*3-2(4,5)1(6)7/h14-15,23H,2-13,20H2,1H3,(H,24,27)(H,25,28)(H4,21,22,26);3*(H,6,7). The van der Waals surface area contributed by atoms with Crippen LogP contribution in [-0.4, -0.2) is 114 Å². The first-order chi connectivity index (χ1) is 22.2. The van der Waals surface area contributed by atoms with E-state index in [0.29, 0.717) is 32.5 Å². The number of carbonyl (C=O) groups excluding carboxylic acids is 2. The van der Waals surface area contributed by atoms with E-state index in [4.69, 9.17) is 46.9 Å². The summed E-state index contributed by atoms with van der Waals surface area (Å²) in [4.78, 5) is 53.8. The monoisotopic (exact) mass is 745 g/mol. The number of aliphatic imine (C=N–C) groups is 1. The quantitative estimate of drug-likeness (QED) is 0.0336. The number of nitrogens with two attached hydrogens (primary N) is 3. The zero-order chi connectivity index (χ0) is 39.4. The molecule has 2 amide bonds. The molecule has 0 aliphatic carbocycles. The van der Waals surface area contributed by atoms with E-state index in [1.54, 1.807) is 0 Å². The fourth-order valence-electron chi connectivity index (χ4n) is 2.35. The minimum atomic E-state index is -5.08. The molecule has 2 atom stereocenters. The molecule has 0 aliphatic heterocycles. The van der Waals surface area contributed by atoms with Crippen molar-refractivity contribution in [1.29, 1.82) is 0 Å². The topological polar surface area (TPSA) is 273 Å². The van der Waals surface area contributed by atoms with Crippen LogP contribution in [0.5, 0.6) is 0 Å². The van der Waals surface area contributed by atoms with Gasteiger partial charge in [-0.1, -0.05) is 12.8 Å². The van der Waals surface area contributed by atoms with Gasteiger partial charge in [0.1, 0.15) is 0 Å². The number of guanidine groups is 1. The number of carboxylic acids is 3. The Hall–Kier alpha value is -4.16. The van der Waals surface area contributed by atoms with Crippen LogP contribution in [-0.2, 0) is 24.0 Å². The van der Waals surface area contributed by atoms with Gasteiger partial charge >= 0.3 is 36.4 Å². The normalized spacial score (nSPS) is 12.2. The minimum absolute atomic E-state index is 0.0772. The Balaban J connectivity index is -0.000000386. The van der Waals surface area contributed by atoms with Crippen LogP contribution in [0.2, 0.25) is 0 Å². The molecule has 0 saturated heterocycles. The Kier molecular flexibility index (Phi) is 29.3. The number of halogens is 10. The molecule has 0 aromatic heterocycles. The van der Waals surface area contributed by atoms with Crippen LogP contribution in [0.15, 0.2) is 4.99 Å². The van der Waals surface area contributed by atoms with E-state index in [0.717, 1.165) is 45.2 Å². The van der Waals surface area contributed by atoms with E-state index in [2.05, 4.69) is 20.9 Å². The third-order valence-corrected chi connectivity index (χ3v) is 4.72. The molecule has 0 saturated carbocycles. The van der Waals surface area contributed by atoms with Crippen molar-refractivity contribution in [1.82, 2.24) is 16.0 Å². The summed E-state index contributed by atoms with van der Waals surface area (Å²) in [6.07, 6.45) is -11.6. The van der Waals surface area contributed by atoms with Crippen molar-refractivity contribution in [3.63, 3.8) is 0 Å². The minimum Gasteiger partial charge on any atom is -0.475 e. The third kappa shape index (κ3) is 39.9. The van der Waals surface area contributed by atoms with E-state index >= 15 is 0 Å². The molecule has 0 spiro atoms. The molecular weight excluding hydrogens is 704 g/mol. The molecule has 0 rings (SSSR count). The molecule has 25 heteroatoms. The Labute approximate surface area is 273 Å². The molecule has 290 valence electrons. The predicted molar refractivity (Wildman–Crippen MR) is 152 cm³/mol. The number of carbonyl (C=O) groups is 5. The molecular formula is C24H41F10N7O8. The number of hydrogen-bond donors (Lipinski definition) is 9. The lowest BCUT2D eigenvalue weighted by molar-refractivity contribution is -0.193. The van der Waals surface area contributed by atoms with Gasteiger partial charge < -0.3 is 48.5 Å². The number of aliphatic carboxylic acids is 3. The first-order valence-corrected chi connectivity index (χ1v) is 13.8. The lowest BCUT2D eigenvalue weighted by Gasteiger charge is -2.11. The predicted octanol–water partition coefficient (Wildman–Crippen LogP) is 1.40. The summed E-state index contributed by atoms with van der Waals surface area (Å²) < 4.78 is 109. The van der Waals surface area contributed by atoms with Crippen molar-refractivity contribution < 1.29 is 83.2 Å². The summed E-state index contributed by atoms with van der Waals surface area (Å²) in [6, 6.07) is 0.176. The Morgan fingerprint density at radius 1 is 0.633 bits per heavy atom. The molecule has 12 N–H and O–H groups in total. The van der Waals surface area contributed by atoms with Crippen molar-refractivity contribution in [2.75, 3.05) is 32.7 Å². The lowest BCUT2D eigenvalue weighted by atomic mass is 10.2. The summed E-state index contributed by atoms with van der Waals surface area (Å²) in [7, 11) is 0. The highest BCUT2D eigenvalue weighted by molar-refractivity contribution is 6.03. The summed E-state index contributed by atoms with van der Waals surface area (Å²) in [5, 5.41) is 29.5. The number of carboxylic acid groups (broad SMARTS) is 3. The molecule has 0 bridgehead atoms. The number of rotatable bonds is 17. The number of hydrogen-bond acceptors (Lipinski definition) is 8. The number of nitrogens with zero attached hydrogens (tertiary/aromatic N) is 1. The summed E-state index contributed by atoms with van der Waals surface area (Å²) in [5.74, 6) is -9.98. The molecule has 0 heterocycles. The Morgan fingerprint density at radius 2 is 0.959 bits per heavy atom. The van der Waals surface area contributed by atoms with E-state index in [9.17, 15) is 53.5 Å². The smallest absolute Gasteiger partial charge is 0.475 e. The zero-order valence-corrected chi connectivity index (χ0v) is 26.0. The van der Waals surface area contributed by atoms with Gasteiger partial charge in [0, 0.05) is 25.7 Å². The number of amides is 2. The molecule has 2 unspecified atom stereocenters. The molecule has 0 aromatic rings. The van der Waals surface area contributed by atoms with Crippen molar-refractivity contribution >= 4 is 35.7 Å². The number of alkyl halides is 10. The average Bonchev–Trinajstić information content (AvgIpc) is 2.94. The van der Waals surface area contributed by atoms with Crippen molar-refractivity contribution in [2.24, 2.45) is 22.2 Å². The average molecular weight is 746 g/mol. The van der Waals surface area contributed by atoms with Gasteiger partial charge in [-0.15, -0.1) is 0 Å². The maximum atomic E-state index is 13.8. The molecule has 0 aliphatic rings. The summed E-state index contributed by atoms with van der Waals surface area (Å²) in [6.45, 7) is 4.88. The van der Waals surface area contributed by atoms with Crippen LogP contribution in [0.1, 0.15) is 51.9 Å². The molecule has 15 nitrogen and oxygen atoms in total. The second-order valence-electron chi connectivity index (χ2n) is 9.30. The van der Waals surface area contributed by atoms with Gasteiger partial charge in [0.05, 0.1) is 0 Å². The highest BCUT2D eigenvalue weighted by atomic mass is 19.4. The zero-order valence-electron chi connectivity index (χ0n) is 26.0. The fourth-order valence-corrected chi connectivity index (χ4v) is 2.35. The van der Waals surface area contributed by atoms with Crippen LogP contribution in [0, 0.1) is 0 Å². The molecule has 0 fully saturated rings. The first kappa shape index (κ1) is 51.7. The fraction of sp³-hybridized carbons (Fsp3) is 0.750. The Morgan fingerprint density at radius 3 is 1.29 bits per heavy atom. The largest absolute Gasteiger partial charge is 0.490 e. The van der Waals surface area contributed by atoms with Crippen molar-refractivity contribution in [3.05, 3.63) is 0 Å². The highest BCUT2D eigenvalue weighted by Crippen LogP contribution is 2.14. The van der Waals surface area contributed by atoms with E-state index in [-0.39, 0.29) is 12.0 Å². The van der Waals surface area contributed by atoms with Gasteiger partial charge in [0.2, 0.25) is 0 Å². The van der Waals surface area contributed by atoms with Gasteiger partial charge in [-0.25, -0.2) is 18.8 Å². The van der Waals surface area contributed by atoms with E-state index in [1.807, 2.05) is 6.92 Å². The van der Waals surface area contributed by atoms with Gasteiger partial charge in [-0.2, -0.15) is 39.5 Å². The van der Waals surface area contributed by atoms with Gasteiger partial charge in [0.15, 0.2) is 5.96 Å².